The van der Waals surface area contributed by atoms with Gasteiger partial charge < -0.3 is 14.7 Å². The molecule has 1 amide bonds. The Morgan fingerprint density at radius 2 is 1.68 bits per heavy atom. The van der Waals surface area contributed by atoms with E-state index >= 15 is 0 Å². The number of rotatable bonds is 9. The van der Waals surface area contributed by atoms with Crippen LogP contribution in [-0.2, 0) is 20.0 Å². The van der Waals surface area contributed by atoms with Gasteiger partial charge in [0.15, 0.2) is 5.75 Å². The van der Waals surface area contributed by atoms with Crippen molar-refractivity contribution in [2.24, 2.45) is 5.92 Å². The highest BCUT2D eigenvalue weighted by molar-refractivity contribution is 7.92. The number of aliphatic hydroxyl groups is 1. The SMILES string of the molecule is C[C@@H]1CN([C@@H](C)CO)C(=O)c2cccc(NS(=O)(=O)c3ccccc3)c2O[C@H]1CN(C)S(=O)(=O)c1ccc(Cl)cc1. The average Bonchev–Trinajstić information content (AvgIpc) is 2.95. The van der Waals surface area contributed by atoms with E-state index in [2.05, 4.69) is 4.72 Å². The van der Waals surface area contributed by atoms with Crippen LogP contribution in [0.4, 0.5) is 5.69 Å². The van der Waals surface area contributed by atoms with Crippen LogP contribution in [0.3, 0.4) is 0 Å². The maximum Gasteiger partial charge on any atom is 0.262 e. The molecule has 3 aromatic rings. The van der Waals surface area contributed by atoms with Crippen molar-refractivity contribution in [3.63, 3.8) is 0 Å². The van der Waals surface area contributed by atoms with Gasteiger partial charge in [-0.25, -0.2) is 16.8 Å². The summed E-state index contributed by atoms with van der Waals surface area (Å²) in [5.41, 5.74) is 0.109. The summed E-state index contributed by atoms with van der Waals surface area (Å²) in [6, 6.07) is 17.5. The maximum atomic E-state index is 13.7. The van der Waals surface area contributed by atoms with Gasteiger partial charge in [-0.1, -0.05) is 42.8 Å². The Labute approximate surface area is 245 Å². The van der Waals surface area contributed by atoms with Crippen molar-refractivity contribution in [1.82, 2.24) is 9.21 Å². The highest BCUT2D eigenvalue weighted by atomic mass is 35.5. The fourth-order valence-electron chi connectivity index (χ4n) is 4.48. The van der Waals surface area contributed by atoms with Gasteiger partial charge in [-0.3, -0.25) is 9.52 Å². The second-order valence-corrected chi connectivity index (χ2v) is 14.1. The summed E-state index contributed by atoms with van der Waals surface area (Å²) in [6.45, 7) is 3.26. The van der Waals surface area contributed by atoms with Crippen molar-refractivity contribution >= 4 is 43.2 Å². The zero-order valence-electron chi connectivity index (χ0n) is 22.8. The Balaban J connectivity index is 1.76. The normalized spacial score (nSPS) is 18.7. The second kappa shape index (κ2) is 12.4. The predicted octanol–water partition coefficient (Wildman–Crippen LogP) is 3.68. The number of hydrogen-bond donors (Lipinski definition) is 2. The van der Waals surface area contributed by atoms with Gasteiger partial charge in [-0.2, -0.15) is 4.31 Å². The van der Waals surface area contributed by atoms with Crippen molar-refractivity contribution in [2.45, 2.75) is 35.8 Å². The molecular weight excluding hydrogens is 590 g/mol. The molecule has 2 N–H and O–H groups in total. The maximum absolute atomic E-state index is 13.7. The predicted molar refractivity (Wildman–Crippen MR) is 156 cm³/mol. The molecule has 1 aliphatic heterocycles. The molecule has 0 radical (unpaired) electrons. The number of para-hydroxylation sites is 1. The van der Waals surface area contributed by atoms with E-state index in [1.165, 1.54) is 66.5 Å². The quantitative estimate of drug-likeness (QED) is 0.372. The first-order chi connectivity index (χ1) is 19.3. The second-order valence-electron chi connectivity index (χ2n) is 9.96. The van der Waals surface area contributed by atoms with Crippen molar-refractivity contribution in [3.8, 4) is 5.75 Å². The largest absolute Gasteiger partial charge is 0.486 e. The molecule has 220 valence electrons. The Morgan fingerprint density at radius 3 is 2.32 bits per heavy atom. The van der Waals surface area contributed by atoms with E-state index in [0.717, 1.165) is 4.31 Å². The van der Waals surface area contributed by atoms with Crippen LogP contribution in [0.25, 0.3) is 0 Å². The third-order valence-electron chi connectivity index (χ3n) is 6.95. The smallest absolute Gasteiger partial charge is 0.262 e. The monoisotopic (exact) mass is 621 g/mol. The molecule has 0 saturated heterocycles. The van der Waals surface area contributed by atoms with Crippen LogP contribution >= 0.6 is 11.6 Å². The van der Waals surface area contributed by atoms with Crippen LogP contribution < -0.4 is 9.46 Å². The first-order valence-corrected chi connectivity index (χ1v) is 16.2. The number of amides is 1. The van der Waals surface area contributed by atoms with Gasteiger partial charge >= 0.3 is 0 Å². The van der Waals surface area contributed by atoms with Gasteiger partial charge in [0.25, 0.3) is 15.9 Å². The Morgan fingerprint density at radius 1 is 1.02 bits per heavy atom. The molecule has 0 aliphatic carbocycles. The summed E-state index contributed by atoms with van der Waals surface area (Å²) in [4.78, 5) is 15.2. The highest BCUT2D eigenvalue weighted by Crippen LogP contribution is 2.36. The van der Waals surface area contributed by atoms with E-state index in [1.807, 2.05) is 0 Å². The van der Waals surface area contributed by atoms with Gasteiger partial charge in [-0.15, -0.1) is 0 Å². The number of fused-ring (bicyclic) bond motifs is 1. The zero-order chi connectivity index (χ0) is 29.9. The number of hydrogen-bond acceptors (Lipinski definition) is 7. The van der Waals surface area contributed by atoms with Gasteiger partial charge in [0.1, 0.15) is 6.10 Å². The van der Waals surface area contributed by atoms with Gasteiger partial charge in [-0.05, 0) is 55.5 Å². The Kier molecular flexibility index (Phi) is 9.29. The first-order valence-electron chi connectivity index (χ1n) is 12.9. The number of ether oxygens (including phenoxy) is 1. The van der Waals surface area contributed by atoms with Crippen molar-refractivity contribution in [1.29, 1.82) is 0 Å². The third kappa shape index (κ3) is 6.68. The van der Waals surface area contributed by atoms with Gasteiger partial charge in [0, 0.05) is 24.5 Å². The number of nitrogens with one attached hydrogen (secondary N) is 1. The molecule has 10 nitrogen and oxygen atoms in total. The topological polar surface area (TPSA) is 133 Å². The summed E-state index contributed by atoms with van der Waals surface area (Å²) >= 11 is 5.93. The molecule has 0 spiro atoms. The molecule has 3 aromatic carbocycles. The summed E-state index contributed by atoms with van der Waals surface area (Å²) in [7, 11) is -6.56. The molecule has 41 heavy (non-hydrogen) atoms. The number of anilines is 1. The lowest BCUT2D eigenvalue weighted by Crippen LogP contribution is -2.50. The molecule has 0 saturated carbocycles. The van der Waals surface area contributed by atoms with E-state index < -0.39 is 44.0 Å². The minimum absolute atomic E-state index is 0.0176. The lowest BCUT2D eigenvalue weighted by Gasteiger charge is -2.38. The Bertz CT molecular complexity index is 1600. The van der Waals surface area contributed by atoms with Crippen LogP contribution in [0.2, 0.25) is 5.02 Å². The van der Waals surface area contributed by atoms with Crippen LogP contribution in [-0.4, -0.2) is 75.9 Å². The fourth-order valence-corrected chi connectivity index (χ4v) is 6.88. The lowest BCUT2D eigenvalue weighted by molar-refractivity contribution is 0.0389. The molecule has 13 heteroatoms. The average molecular weight is 622 g/mol. The molecular formula is C28H32ClN3O7S2. The minimum Gasteiger partial charge on any atom is -0.486 e. The van der Waals surface area contributed by atoms with Crippen molar-refractivity contribution in [3.05, 3.63) is 83.4 Å². The van der Waals surface area contributed by atoms with E-state index in [4.69, 9.17) is 16.3 Å². The molecule has 0 aromatic heterocycles. The number of aliphatic hydroxyl groups excluding tert-OH is 1. The van der Waals surface area contributed by atoms with Gasteiger partial charge in [0.05, 0.1) is 40.2 Å². The lowest BCUT2D eigenvalue weighted by atomic mass is 9.99. The highest BCUT2D eigenvalue weighted by Gasteiger charge is 2.36. The number of nitrogens with zero attached hydrogens (tertiary/aromatic N) is 2. The molecule has 1 heterocycles. The van der Waals surface area contributed by atoms with Gasteiger partial charge in [0.2, 0.25) is 10.0 Å². The molecule has 3 atom stereocenters. The molecule has 0 fully saturated rings. The van der Waals surface area contributed by atoms with Crippen molar-refractivity contribution < 1.29 is 31.5 Å². The van der Waals surface area contributed by atoms with E-state index in [-0.39, 0.29) is 46.5 Å². The summed E-state index contributed by atoms with van der Waals surface area (Å²) < 4.78 is 63.1. The van der Waals surface area contributed by atoms with Crippen LogP contribution in [0.1, 0.15) is 24.2 Å². The summed E-state index contributed by atoms with van der Waals surface area (Å²) in [5, 5.41) is 10.3. The number of halogens is 1. The number of benzene rings is 3. The van der Waals surface area contributed by atoms with Crippen molar-refractivity contribution in [2.75, 3.05) is 31.5 Å². The number of carbonyl (C=O) groups is 1. The van der Waals surface area contributed by atoms with E-state index in [0.29, 0.717) is 5.02 Å². The minimum atomic E-state index is -4.05. The number of likely N-dealkylation sites (N-methyl/N-ethyl adjacent to an activating group) is 1. The third-order valence-corrected chi connectivity index (χ3v) is 10.4. The molecule has 0 unspecified atom stereocenters. The number of sulfonamides is 2. The number of carbonyl (C=O) groups excluding carboxylic acids is 1. The van der Waals surface area contributed by atoms with E-state index in [1.54, 1.807) is 32.0 Å². The van der Waals surface area contributed by atoms with Crippen LogP contribution in [0.15, 0.2) is 82.6 Å². The summed E-state index contributed by atoms with van der Waals surface area (Å²) in [5.74, 6) is -0.890. The fraction of sp³-hybridized carbons (Fsp3) is 0.321. The van der Waals surface area contributed by atoms with Crippen LogP contribution in [0, 0.1) is 5.92 Å². The van der Waals surface area contributed by atoms with E-state index in [9.17, 15) is 26.7 Å². The first kappa shape index (κ1) is 30.8. The standard InChI is InChI=1S/C28H32ClN3O7S2/c1-19-16-32(20(2)18-33)28(34)24-10-7-11-25(30-40(35,36)22-8-5-4-6-9-22)27(24)39-26(19)17-31(3)41(37,38)23-14-12-21(29)13-15-23/h4-15,19-20,26,30,33H,16-18H2,1-3H3/t19-,20+,26+/m1/s1. The molecule has 4 rings (SSSR count). The summed E-state index contributed by atoms with van der Waals surface area (Å²) in [6.07, 6.45) is -0.801. The molecule has 0 bridgehead atoms. The molecule has 1 aliphatic rings. The Hall–Kier alpha value is -3.16. The van der Waals surface area contributed by atoms with Crippen LogP contribution in [0.5, 0.6) is 5.75 Å². The zero-order valence-corrected chi connectivity index (χ0v) is 25.2.